The number of hydrogen-bond acceptors (Lipinski definition) is 2. The Morgan fingerprint density at radius 1 is 1.44 bits per heavy atom. The normalized spacial score (nSPS) is 16.4. The van der Waals surface area contributed by atoms with Crippen molar-refractivity contribution in [1.82, 2.24) is 4.90 Å². The highest BCUT2D eigenvalue weighted by molar-refractivity contribution is 5.94. The first-order valence-electron chi connectivity index (χ1n) is 6.41. The molecule has 0 aliphatic heterocycles. The first kappa shape index (κ1) is 13.0. The van der Waals surface area contributed by atoms with Crippen LogP contribution in [0.5, 0.6) is 0 Å². The summed E-state index contributed by atoms with van der Waals surface area (Å²) in [4.78, 5) is 2.22. The molecule has 0 radical (unpaired) electrons. The van der Waals surface area contributed by atoms with Gasteiger partial charge in [0.25, 0.3) is 0 Å². The summed E-state index contributed by atoms with van der Waals surface area (Å²) < 4.78 is 13.9. The molecule has 4 heteroatoms. The predicted molar refractivity (Wildman–Crippen MR) is 71.1 cm³/mol. The van der Waals surface area contributed by atoms with Gasteiger partial charge in [-0.2, -0.15) is 0 Å². The SMILES string of the molecule is CN(Cc1ccc(C(=N)N)cc1F)C1CCCC1. The number of nitrogen functional groups attached to an aromatic ring is 1. The van der Waals surface area contributed by atoms with Gasteiger partial charge in [-0.3, -0.25) is 10.3 Å². The molecule has 0 bridgehead atoms. The van der Waals surface area contributed by atoms with Crippen LogP contribution in [-0.4, -0.2) is 23.8 Å². The van der Waals surface area contributed by atoms with Crippen LogP contribution in [0.3, 0.4) is 0 Å². The zero-order chi connectivity index (χ0) is 13.1. The number of nitrogens with zero attached hydrogens (tertiary/aromatic N) is 1. The molecular weight excluding hydrogens is 229 g/mol. The summed E-state index contributed by atoms with van der Waals surface area (Å²) in [5.74, 6) is -0.364. The highest BCUT2D eigenvalue weighted by Crippen LogP contribution is 2.24. The number of halogens is 1. The highest BCUT2D eigenvalue weighted by atomic mass is 19.1. The van der Waals surface area contributed by atoms with Gasteiger partial charge in [0.1, 0.15) is 11.7 Å². The van der Waals surface area contributed by atoms with E-state index in [4.69, 9.17) is 11.1 Å². The molecular formula is C14H20FN3. The molecule has 0 atom stereocenters. The van der Waals surface area contributed by atoms with E-state index in [2.05, 4.69) is 4.90 Å². The van der Waals surface area contributed by atoms with Crippen LogP contribution in [0.25, 0.3) is 0 Å². The Morgan fingerprint density at radius 3 is 2.67 bits per heavy atom. The van der Waals surface area contributed by atoms with Gasteiger partial charge in [-0.05, 0) is 26.0 Å². The number of nitrogens with one attached hydrogen (secondary N) is 1. The fourth-order valence-corrected chi connectivity index (χ4v) is 2.59. The quantitative estimate of drug-likeness (QED) is 0.636. The van der Waals surface area contributed by atoms with Gasteiger partial charge >= 0.3 is 0 Å². The average Bonchev–Trinajstić information content (AvgIpc) is 2.85. The minimum atomic E-state index is -0.271. The van der Waals surface area contributed by atoms with E-state index in [1.165, 1.54) is 31.7 Å². The second kappa shape index (κ2) is 5.48. The third-order valence-electron chi connectivity index (χ3n) is 3.73. The van der Waals surface area contributed by atoms with Gasteiger partial charge in [0, 0.05) is 23.7 Å². The maximum Gasteiger partial charge on any atom is 0.128 e. The summed E-state index contributed by atoms with van der Waals surface area (Å²) in [6.07, 6.45) is 4.98. The van der Waals surface area contributed by atoms with Crippen molar-refractivity contribution >= 4 is 5.84 Å². The summed E-state index contributed by atoms with van der Waals surface area (Å²) in [5.41, 5.74) is 6.46. The Kier molecular flexibility index (Phi) is 3.97. The van der Waals surface area contributed by atoms with Crippen LogP contribution in [0.1, 0.15) is 36.8 Å². The van der Waals surface area contributed by atoms with Crippen molar-refractivity contribution in [1.29, 1.82) is 5.41 Å². The van der Waals surface area contributed by atoms with Crippen molar-refractivity contribution in [3.8, 4) is 0 Å². The van der Waals surface area contributed by atoms with Gasteiger partial charge in [-0.15, -0.1) is 0 Å². The lowest BCUT2D eigenvalue weighted by Gasteiger charge is -2.24. The van der Waals surface area contributed by atoms with E-state index in [1.54, 1.807) is 12.1 Å². The van der Waals surface area contributed by atoms with Crippen LogP contribution >= 0.6 is 0 Å². The van der Waals surface area contributed by atoms with Crippen LogP contribution in [0.15, 0.2) is 18.2 Å². The Bertz CT molecular complexity index is 439. The minimum Gasteiger partial charge on any atom is -0.384 e. The number of nitrogens with two attached hydrogens (primary N) is 1. The fourth-order valence-electron chi connectivity index (χ4n) is 2.59. The maximum absolute atomic E-state index is 13.9. The molecule has 1 aromatic carbocycles. The molecule has 0 spiro atoms. The summed E-state index contributed by atoms with van der Waals surface area (Å²) in [6, 6.07) is 5.37. The molecule has 3 N–H and O–H groups in total. The molecule has 0 unspecified atom stereocenters. The van der Waals surface area contributed by atoms with Gasteiger partial charge in [-0.1, -0.05) is 25.0 Å². The first-order chi connectivity index (χ1) is 8.58. The van der Waals surface area contributed by atoms with E-state index in [0.29, 0.717) is 23.7 Å². The third-order valence-corrected chi connectivity index (χ3v) is 3.73. The molecule has 3 nitrogen and oxygen atoms in total. The fraction of sp³-hybridized carbons (Fsp3) is 0.500. The predicted octanol–water partition coefficient (Wildman–Crippen LogP) is 2.48. The lowest BCUT2D eigenvalue weighted by atomic mass is 10.1. The lowest BCUT2D eigenvalue weighted by molar-refractivity contribution is 0.234. The minimum absolute atomic E-state index is 0.0930. The molecule has 1 aromatic rings. The van der Waals surface area contributed by atoms with Crippen LogP contribution in [0.4, 0.5) is 4.39 Å². The summed E-state index contributed by atoms with van der Waals surface area (Å²) >= 11 is 0. The van der Waals surface area contributed by atoms with E-state index in [9.17, 15) is 4.39 Å². The Hall–Kier alpha value is -1.42. The summed E-state index contributed by atoms with van der Waals surface area (Å²) in [5, 5.41) is 7.28. The van der Waals surface area contributed by atoms with Crippen LogP contribution in [0, 0.1) is 11.2 Å². The largest absolute Gasteiger partial charge is 0.384 e. The number of rotatable bonds is 4. The van der Waals surface area contributed by atoms with Gasteiger partial charge in [0.05, 0.1) is 0 Å². The van der Waals surface area contributed by atoms with Crippen LogP contribution in [-0.2, 0) is 6.54 Å². The van der Waals surface area contributed by atoms with Crippen molar-refractivity contribution in [3.05, 3.63) is 35.1 Å². The monoisotopic (exact) mass is 249 g/mol. The molecule has 0 saturated heterocycles. The van der Waals surface area contributed by atoms with Gasteiger partial charge < -0.3 is 5.73 Å². The van der Waals surface area contributed by atoms with Crippen molar-refractivity contribution in [3.63, 3.8) is 0 Å². The van der Waals surface area contributed by atoms with Gasteiger partial charge in [0.2, 0.25) is 0 Å². The zero-order valence-corrected chi connectivity index (χ0v) is 10.7. The van der Waals surface area contributed by atoms with Crippen LogP contribution in [0.2, 0.25) is 0 Å². The lowest BCUT2D eigenvalue weighted by Crippen LogP contribution is -2.29. The molecule has 0 aromatic heterocycles. The topological polar surface area (TPSA) is 53.1 Å². The van der Waals surface area contributed by atoms with E-state index in [0.717, 1.165) is 0 Å². The van der Waals surface area contributed by atoms with Gasteiger partial charge in [0.15, 0.2) is 0 Å². The molecule has 1 fully saturated rings. The molecule has 0 heterocycles. The second-order valence-electron chi connectivity index (χ2n) is 5.07. The van der Waals surface area contributed by atoms with Crippen molar-refractivity contribution in [2.75, 3.05) is 7.05 Å². The van der Waals surface area contributed by atoms with E-state index in [1.807, 2.05) is 7.05 Å². The Morgan fingerprint density at radius 2 is 2.11 bits per heavy atom. The molecule has 1 saturated carbocycles. The van der Waals surface area contributed by atoms with Crippen molar-refractivity contribution < 1.29 is 4.39 Å². The Balaban J connectivity index is 2.06. The van der Waals surface area contributed by atoms with E-state index >= 15 is 0 Å². The first-order valence-corrected chi connectivity index (χ1v) is 6.41. The maximum atomic E-state index is 13.9. The molecule has 1 aliphatic carbocycles. The molecule has 2 rings (SSSR count). The van der Waals surface area contributed by atoms with Crippen molar-refractivity contribution in [2.45, 2.75) is 38.3 Å². The van der Waals surface area contributed by atoms with E-state index in [-0.39, 0.29) is 11.7 Å². The molecule has 0 amide bonds. The standard InChI is InChI=1S/C14H20FN3/c1-18(12-4-2-3-5-12)9-11-7-6-10(14(16)17)8-13(11)15/h6-8,12H,2-5,9H2,1H3,(H3,16,17). The number of hydrogen-bond donors (Lipinski definition) is 2. The third kappa shape index (κ3) is 2.88. The van der Waals surface area contributed by atoms with Crippen LogP contribution < -0.4 is 5.73 Å². The second-order valence-corrected chi connectivity index (χ2v) is 5.07. The highest BCUT2D eigenvalue weighted by Gasteiger charge is 2.20. The molecule has 1 aliphatic rings. The zero-order valence-electron chi connectivity index (χ0n) is 10.7. The Labute approximate surface area is 107 Å². The molecule has 18 heavy (non-hydrogen) atoms. The number of benzene rings is 1. The summed E-state index contributed by atoms with van der Waals surface area (Å²) in [7, 11) is 2.05. The van der Waals surface area contributed by atoms with Crippen molar-refractivity contribution in [2.24, 2.45) is 5.73 Å². The summed E-state index contributed by atoms with van der Waals surface area (Å²) in [6.45, 7) is 0.620. The van der Waals surface area contributed by atoms with E-state index < -0.39 is 0 Å². The molecule has 98 valence electrons. The number of amidine groups is 1. The van der Waals surface area contributed by atoms with Gasteiger partial charge in [-0.25, -0.2) is 4.39 Å². The average molecular weight is 249 g/mol. The smallest absolute Gasteiger partial charge is 0.128 e.